The maximum absolute atomic E-state index is 12.5. The quantitative estimate of drug-likeness (QED) is 0.738. The third-order valence-corrected chi connectivity index (χ3v) is 5.06. The predicted octanol–water partition coefficient (Wildman–Crippen LogP) is 4.31. The van der Waals surface area contributed by atoms with E-state index in [0.717, 1.165) is 45.8 Å². The van der Waals surface area contributed by atoms with Crippen LogP contribution in [0.4, 0.5) is 11.4 Å². The molecule has 2 aromatic rings. The van der Waals surface area contributed by atoms with Crippen LogP contribution in [0.15, 0.2) is 40.9 Å². The molecule has 27 heavy (non-hydrogen) atoms. The molecule has 1 N–H and O–H groups in total. The van der Waals surface area contributed by atoms with Crippen LogP contribution in [0.2, 0.25) is 0 Å². The van der Waals surface area contributed by atoms with Crippen molar-refractivity contribution in [2.24, 2.45) is 0 Å². The van der Waals surface area contributed by atoms with E-state index in [1.807, 2.05) is 50.2 Å². The van der Waals surface area contributed by atoms with Gasteiger partial charge in [0.25, 0.3) is 0 Å². The van der Waals surface area contributed by atoms with E-state index in [2.05, 4.69) is 26.1 Å². The van der Waals surface area contributed by atoms with Gasteiger partial charge >= 0.3 is 0 Å². The highest BCUT2D eigenvalue weighted by molar-refractivity contribution is 9.10. The van der Waals surface area contributed by atoms with E-state index in [1.165, 1.54) is 0 Å². The van der Waals surface area contributed by atoms with Gasteiger partial charge in [-0.05, 0) is 43.2 Å². The van der Waals surface area contributed by atoms with Gasteiger partial charge in [0.15, 0.2) is 0 Å². The monoisotopic (exact) mass is 432 g/mol. The van der Waals surface area contributed by atoms with Gasteiger partial charge in [0.2, 0.25) is 5.91 Å². The molecule has 0 radical (unpaired) electrons. The summed E-state index contributed by atoms with van der Waals surface area (Å²) in [6.45, 7) is 7.41. The predicted molar refractivity (Wildman–Crippen MR) is 112 cm³/mol. The van der Waals surface area contributed by atoms with Gasteiger partial charge in [-0.1, -0.05) is 34.1 Å². The number of amides is 1. The van der Waals surface area contributed by atoms with E-state index in [4.69, 9.17) is 9.47 Å². The average molecular weight is 433 g/mol. The Kier molecular flexibility index (Phi) is 6.74. The Balaban J connectivity index is 1.61. The zero-order valence-corrected chi connectivity index (χ0v) is 17.3. The van der Waals surface area contributed by atoms with Crippen molar-refractivity contribution in [3.8, 4) is 5.75 Å². The maximum atomic E-state index is 12.5. The second-order valence-corrected chi connectivity index (χ2v) is 7.54. The molecule has 5 nitrogen and oxygen atoms in total. The molecule has 1 aliphatic rings. The van der Waals surface area contributed by atoms with Crippen LogP contribution in [-0.2, 0) is 9.53 Å². The molecule has 0 aliphatic carbocycles. The van der Waals surface area contributed by atoms with Crippen LogP contribution in [0.1, 0.15) is 17.5 Å². The molecular weight excluding hydrogens is 408 g/mol. The van der Waals surface area contributed by atoms with Gasteiger partial charge in [-0.15, -0.1) is 0 Å². The summed E-state index contributed by atoms with van der Waals surface area (Å²) < 4.78 is 12.2. The van der Waals surface area contributed by atoms with Gasteiger partial charge in [-0.3, -0.25) is 4.79 Å². The van der Waals surface area contributed by atoms with Gasteiger partial charge < -0.3 is 19.7 Å². The standard InChI is InChI=1S/C21H25BrN2O3/c1-15-4-3-5-16(2)21(15)27-11-8-20(25)23-18-14-17(22)6-7-19(18)24-9-12-26-13-10-24/h3-7,14H,8-13H2,1-2H3,(H,23,25). The Morgan fingerprint density at radius 2 is 1.89 bits per heavy atom. The van der Waals surface area contributed by atoms with Crippen molar-refractivity contribution in [2.75, 3.05) is 43.1 Å². The molecule has 0 bridgehead atoms. The van der Waals surface area contributed by atoms with E-state index in [-0.39, 0.29) is 5.91 Å². The fourth-order valence-corrected chi connectivity index (χ4v) is 3.53. The molecule has 144 valence electrons. The fraction of sp³-hybridized carbons (Fsp3) is 0.381. The van der Waals surface area contributed by atoms with Crippen molar-refractivity contribution >= 4 is 33.2 Å². The highest BCUT2D eigenvalue weighted by Gasteiger charge is 2.16. The summed E-state index contributed by atoms with van der Waals surface area (Å²) in [4.78, 5) is 14.7. The Hall–Kier alpha value is -2.05. The van der Waals surface area contributed by atoms with E-state index in [1.54, 1.807) is 0 Å². The van der Waals surface area contributed by atoms with Crippen LogP contribution in [0.3, 0.4) is 0 Å². The van der Waals surface area contributed by atoms with Gasteiger partial charge in [0.1, 0.15) is 5.75 Å². The number of halogens is 1. The van der Waals surface area contributed by atoms with Gasteiger partial charge in [0.05, 0.1) is 37.6 Å². The molecule has 1 aliphatic heterocycles. The molecule has 3 rings (SSSR count). The number of benzene rings is 2. The first-order valence-corrected chi connectivity index (χ1v) is 9.95. The van der Waals surface area contributed by atoms with Crippen LogP contribution in [0.25, 0.3) is 0 Å². The summed E-state index contributed by atoms with van der Waals surface area (Å²) in [5.74, 6) is 0.801. The summed E-state index contributed by atoms with van der Waals surface area (Å²) in [5.41, 5.74) is 3.99. The number of nitrogens with one attached hydrogen (secondary N) is 1. The first-order chi connectivity index (χ1) is 13.0. The number of para-hydroxylation sites is 1. The highest BCUT2D eigenvalue weighted by atomic mass is 79.9. The molecule has 6 heteroatoms. The van der Waals surface area contributed by atoms with Crippen molar-refractivity contribution in [1.82, 2.24) is 0 Å². The second-order valence-electron chi connectivity index (χ2n) is 6.63. The van der Waals surface area contributed by atoms with Crippen molar-refractivity contribution in [2.45, 2.75) is 20.3 Å². The number of anilines is 2. The SMILES string of the molecule is Cc1cccc(C)c1OCCC(=O)Nc1cc(Br)ccc1N1CCOCC1. The smallest absolute Gasteiger partial charge is 0.227 e. The maximum Gasteiger partial charge on any atom is 0.227 e. The summed E-state index contributed by atoms with van der Waals surface area (Å²) >= 11 is 3.49. The topological polar surface area (TPSA) is 50.8 Å². The average Bonchev–Trinajstić information content (AvgIpc) is 2.65. The number of aryl methyl sites for hydroxylation is 2. The van der Waals surface area contributed by atoms with E-state index in [0.29, 0.717) is 26.2 Å². The minimum absolute atomic E-state index is 0.0613. The molecule has 0 spiro atoms. The molecule has 0 saturated carbocycles. The highest BCUT2D eigenvalue weighted by Crippen LogP contribution is 2.30. The van der Waals surface area contributed by atoms with Crippen LogP contribution in [-0.4, -0.2) is 38.8 Å². The zero-order chi connectivity index (χ0) is 19.2. The molecule has 1 heterocycles. The molecule has 0 aromatic heterocycles. The lowest BCUT2D eigenvalue weighted by molar-refractivity contribution is -0.116. The molecular formula is C21H25BrN2O3. The number of carbonyl (C=O) groups excluding carboxylic acids is 1. The number of hydrogen-bond acceptors (Lipinski definition) is 4. The largest absolute Gasteiger partial charge is 0.493 e. The lowest BCUT2D eigenvalue weighted by Gasteiger charge is -2.30. The van der Waals surface area contributed by atoms with Crippen molar-refractivity contribution in [3.05, 3.63) is 52.0 Å². The summed E-state index contributed by atoms with van der Waals surface area (Å²) in [6.07, 6.45) is 0.294. The third kappa shape index (κ3) is 5.23. The van der Waals surface area contributed by atoms with Crippen molar-refractivity contribution in [1.29, 1.82) is 0 Å². The number of nitrogens with zero attached hydrogens (tertiary/aromatic N) is 1. The number of rotatable bonds is 6. The molecule has 0 atom stereocenters. The van der Waals surface area contributed by atoms with Crippen LogP contribution in [0.5, 0.6) is 5.75 Å². The van der Waals surface area contributed by atoms with E-state index >= 15 is 0 Å². The zero-order valence-electron chi connectivity index (χ0n) is 15.8. The Bertz CT molecular complexity index is 784. The van der Waals surface area contributed by atoms with Crippen LogP contribution >= 0.6 is 15.9 Å². The van der Waals surface area contributed by atoms with Crippen LogP contribution < -0.4 is 15.0 Å². The number of ether oxygens (including phenoxy) is 2. The molecule has 2 aromatic carbocycles. The Labute approximate surface area is 168 Å². The first-order valence-electron chi connectivity index (χ1n) is 9.15. The van der Waals surface area contributed by atoms with E-state index in [9.17, 15) is 4.79 Å². The molecule has 1 amide bonds. The summed E-state index contributed by atoms with van der Waals surface area (Å²) in [5, 5.41) is 3.03. The fourth-order valence-electron chi connectivity index (χ4n) is 3.17. The number of hydrogen-bond donors (Lipinski definition) is 1. The lowest BCUT2D eigenvalue weighted by atomic mass is 10.1. The minimum atomic E-state index is -0.0613. The normalized spacial score (nSPS) is 14.1. The minimum Gasteiger partial charge on any atom is -0.493 e. The molecule has 0 unspecified atom stereocenters. The Morgan fingerprint density at radius 3 is 2.59 bits per heavy atom. The number of carbonyl (C=O) groups is 1. The third-order valence-electron chi connectivity index (χ3n) is 4.57. The van der Waals surface area contributed by atoms with E-state index < -0.39 is 0 Å². The van der Waals surface area contributed by atoms with Gasteiger partial charge in [-0.25, -0.2) is 0 Å². The van der Waals surface area contributed by atoms with Gasteiger partial charge in [-0.2, -0.15) is 0 Å². The van der Waals surface area contributed by atoms with Crippen molar-refractivity contribution < 1.29 is 14.3 Å². The first kappa shape index (κ1) is 19.7. The molecule has 1 fully saturated rings. The van der Waals surface area contributed by atoms with Crippen molar-refractivity contribution in [3.63, 3.8) is 0 Å². The molecule has 1 saturated heterocycles. The summed E-state index contributed by atoms with van der Waals surface area (Å²) in [7, 11) is 0. The summed E-state index contributed by atoms with van der Waals surface area (Å²) in [6, 6.07) is 12.0. The van der Waals surface area contributed by atoms with Gasteiger partial charge in [0, 0.05) is 17.6 Å². The lowest BCUT2D eigenvalue weighted by Crippen LogP contribution is -2.36. The second kappa shape index (κ2) is 9.24. The number of morpholine rings is 1. The van der Waals surface area contributed by atoms with Crippen LogP contribution in [0, 0.1) is 13.8 Å². The Morgan fingerprint density at radius 1 is 1.19 bits per heavy atom.